The fraction of sp³-hybridized carbons (Fsp3) is 0.800. The van der Waals surface area contributed by atoms with Crippen molar-refractivity contribution >= 4 is 0 Å². The maximum absolute atomic E-state index is 4.30. The van der Waals surface area contributed by atoms with Gasteiger partial charge in [0.2, 0.25) is 0 Å². The molecule has 82 valence electrons. The first-order valence-corrected chi connectivity index (χ1v) is 5.75. The first-order chi connectivity index (χ1) is 7.43. The predicted molar refractivity (Wildman–Crippen MR) is 56.3 cm³/mol. The largest absolute Gasteiger partial charge is 0.317 e. The van der Waals surface area contributed by atoms with Crippen molar-refractivity contribution in [1.82, 2.24) is 25.0 Å². The molecule has 1 saturated heterocycles. The molecule has 0 saturated carbocycles. The highest BCUT2D eigenvalue weighted by atomic mass is 15.4. The van der Waals surface area contributed by atoms with Gasteiger partial charge < -0.3 is 5.32 Å². The Morgan fingerprint density at radius 3 is 3.00 bits per heavy atom. The van der Waals surface area contributed by atoms with E-state index < -0.39 is 0 Å². The number of hydrogen-bond acceptors (Lipinski definition) is 4. The van der Waals surface area contributed by atoms with Crippen molar-refractivity contribution in [3.8, 4) is 0 Å². The van der Waals surface area contributed by atoms with Crippen molar-refractivity contribution in [2.24, 2.45) is 0 Å². The number of nitrogens with zero attached hydrogens (tertiary/aromatic N) is 4. The summed E-state index contributed by atoms with van der Waals surface area (Å²) in [4.78, 5) is 6.86. The van der Waals surface area contributed by atoms with Gasteiger partial charge in [0.25, 0.3) is 0 Å². The predicted octanol–water partition coefficient (Wildman–Crippen LogP) is -0.154. The third-order valence-electron chi connectivity index (χ3n) is 3.46. The summed E-state index contributed by atoms with van der Waals surface area (Å²) in [6, 6.07) is 0.747. The summed E-state index contributed by atoms with van der Waals surface area (Å²) < 4.78 is 2.03. The van der Waals surface area contributed by atoms with Crippen LogP contribution in [0, 0.1) is 0 Å². The molecule has 3 heterocycles. The summed E-state index contributed by atoms with van der Waals surface area (Å²) in [7, 11) is 0. The molecule has 0 spiro atoms. The van der Waals surface area contributed by atoms with Gasteiger partial charge in [-0.05, 0) is 25.9 Å². The van der Waals surface area contributed by atoms with Crippen LogP contribution < -0.4 is 5.32 Å². The van der Waals surface area contributed by atoms with Crippen LogP contribution in [0.3, 0.4) is 0 Å². The third-order valence-corrected chi connectivity index (χ3v) is 3.46. The quantitative estimate of drug-likeness (QED) is 0.695. The number of aromatic nitrogens is 3. The van der Waals surface area contributed by atoms with E-state index in [0.29, 0.717) is 0 Å². The third kappa shape index (κ3) is 1.77. The Morgan fingerprint density at radius 1 is 1.27 bits per heavy atom. The summed E-state index contributed by atoms with van der Waals surface area (Å²) in [5.74, 6) is 1.12. The number of piperidine rings is 1. The van der Waals surface area contributed by atoms with Crippen molar-refractivity contribution in [2.45, 2.75) is 32.0 Å². The minimum Gasteiger partial charge on any atom is -0.317 e. The molecular weight excluding hydrogens is 190 g/mol. The van der Waals surface area contributed by atoms with Gasteiger partial charge in [-0.3, -0.25) is 4.90 Å². The topological polar surface area (TPSA) is 46.0 Å². The van der Waals surface area contributed by atoms with Gasteiger partial charge >= 0.3 is 0 Å². The molecule has 1 aromatic heterocycles. The minimum atomic E-state index is 0.747. The highest BCUT2D eigenvalue weighted by Crippen LogP contribution is 2.17. The Morgan fingerprint density at radius 2 is 2.13 bits per heavy atom. The highest BCUT2D eigenvalue weighted by Gasteiger charge is 2.25. The average molecular weight is 207 g/mol. The molecule has 0 radical (unpaired) electrons. The van der Waals surface area contributed by atoms with Crippen molar-refractivity contribution in [3.05, 3.63) is 12.2 Å². The van der Waals surface area contributed by atoms with E-state index in [2.05, 4.69) is 20.3 Å². The Labute approximate surface area is 89.5 Å². The standard InChI is InChI=1S/C10H17N5/c1-3-11-4-2-9(1)14-5-6-15-10(7-14)12-8-13-15/h8-9,11H,1-7H2. The molecule has 5 nitrogen and oxygen atoms in total. The van der Waals surface area contributed by atoms with Crippen LogP contribution in [0.15, 0.2) is 6.33 Å². The average Bonchev–Trinajstić information content (AvgIpc) is 2.77. The van der Waals surface area contributed by atoms with Crippen LogP contribution in [-0.4, -0.2) is 45.3 Å². The van der Waals surface area contributed by atoms with Gasteiger partial charge in [-0.1, -0.05) is 0 Å². The molecule has 2 aliphatic heterocycles. The monoisotopic (exact) mass is 207 g/mol. The lowest BCUT2D eigenvalue weighted by atomic mass is 10.0. The molecule has 0 atom stereocenters. The fourth-order valence-electron chi connectivity index (χ4n) is 2.56. The van der Waals surface area contributed by atoms with Crippen LogP contribution in [0.1, 0.15) is 18.7 Å². The van der Waals surface area contributed by atoms with Crippen molar-refractivity contribution in [3.63, 3.8) is 0 Å². The first kappa shape index (κ1) is 9.30. The zero-order chi connectivity index (χ0) is 10.1. The zero-order valence-corrected chi connectivity index (χ0v) is 8.89. The Balaban J connectivity index is 1.69. The fourth-order valence-corrected chi connectivity index (χ4v) is 2.56. The summed E-state index contributed by atoms with van der Waals surface area (Å²) in [6.45, 7) is 5.42. The van der Waals surface area contributed by atoms with Gasteiger partial charge in [-0.2, -0.15) is 5.10 Å². The summed E-state index contributed by atoms with van der Waals surface area (Å²) in [6.07, 6.45) is 4.21. The molecule has 0 unspecified atom stereocenters. The number of nitrogens with one attached hydrogen (secondary N) is 1. The van der Waals surface area contributed by atoms with Crippen LogP contribution in [0.4, 0.5) is 0 Å². The molecule has 0 aliphatic carbocycles. The van der Waals surface area contributed by atoms with Gasteiger partial charge in [0.05, 0.1) is 13.1 Å². The van der Waals surface area contributed by atoms with Crippen LogP contribution in [0.5, 0.6) is 0 Å². The van der Waals surface area contributed by atoms with E-state index in [4.69, 9.17) is 0 Å². The molecule has 1 aromatic rings. The maximum atomic E-state index is 4.30. The Kier molecular flexibility index (Phi) is 2.42. The lowest BCUT2D eigenvalue weighted by Crippen LogP contribution is -2.46. The lowest BCUT2D eigenvalue weighted by molar-refractivity contribution is 0.122. The van der Waals surface area contributed by atoms with Crippen LogP contribution in [-0.2, 0) is 13.1 Å². The van der Waals surface area contributed by atoms with Gasteiger partial charge in [-0.25, -0.2) is 9.67 Å². The van der Waals surface area contributed by atoms with E-state index >= 15 is 0 Å². The van der Waals surface area contributed by atoms with Gasteiger partial charge in [0, 0.05) is 12.6 Å². The van der Waals surface area contributed by atoms with E-state index in [1.165, 1.54) is 12.8 Å². The minimum absolute atomic E-state index is 0.747. The van der Waals surface area contributed by atoms with Crippen LogP contribution in [0.2, 0.25) is 0 Å². The van der Waals surface area contributed by atoms with Crippen LogP contribution in [0.25, 0.3) is 0 Å². The zero-order valence-electron chi connectivity index (χ0n) is 8.89. The smallest absolute Gasteiger partial charge is 0.141 e. The second kappa shape index (κ2) is 3.90. The number of rotatable bonds is 1. The van der Waals surface area contributed by atoms with Gasteiger partial charge in [-0.15, -0.1) is 0 Å². The molecule has 2 aliphatic rings. The molecule has 1 fully saturated rings. The first-order valence-electron chi connectivity index (χ1n) is 5.75. The van der Waals surface area contributed by atoms with E-state index in [9.17, 15) is 0 Å². The normalized spacial score (nSPS) is 24.0. The molecule has 0 amide bonds. The molecule has 1 N–H and O–H groups in total. The van der Waals surface area contributed by atoms with E-state index in [1.54, 1.807) is 6.33 Å². The van der Waals surface area contributed by atoms with E-state index in [1.807, 2.05) is 4.68 Å². The molecule has 0 bridgehead atoms. The summed E-state index contributed by atoms with van der Waals surface area (Å²) in [5, 5.41) is 7.61. The van der Waals surface area contributed by atoms with Crippen molar-refractivity contribution in [2.75, 3.05) is 19.6 Å². The molecular formula is C10H17N5. The van der Waals surface area contributed by atoms with Gasteiger partial charge in [0.1, 0.15) is 12.2 Å². The van der Waals surface area contributed by atoms with E-state index in [0.717, 1.165) is 44.6 Å². The molecule has 0 aromatic carbocycles. The maximum Gasteiger partial charge on any atom is 0.141 e. The number of hydrogen-bond donors (Lipinski definition) is 1. The molecule has 5 heteroatoms. The van der Waals surface area contributed by atoms with Crippen molar-refractivity contribution in [1.29, 1.82) is 0 Å². The number of fused-ring (bicyclic) bond motifs is 1. The van der Waals surface area contributed by atoms with Crippen molar-refractivity contribution < 1.29 is 0 Å². The Bertz CT molecular complexity index is 328. The summed E-state index contributed by atoms with van der Waals surface area (Å²) >= 11 is 0. The second-order valence-electron chi connectivity index (χ2n) is 4.35. The lowest BCUT2D eigenvalue weighted by Gasteiger charge is -2.36. The molecule has 3 rings (SSSR count). The van der Waals surface area contributed by atoms with E-state index in [-0.39, 0.29) is 0 Å². The second-order valence-corrected chi connectivity index (χ2v) is 4.35. The van der Waals surface area contributed by atoms with Crippen LogP contribution >= 0.6 is 0 Å². The molecule has 15 heavy (non-hydrogen) atoms. The van der Waals surface area contributed by atoms with Gasteiger partial charge in [0.15, 0.2) is 0 Å². The highest BCUT2D eigenvalue weighted by molar-refractivity contribution is 4.91. The Hall–Kier alpha value is -0.940. The summed E-state index contributed by atoms with van der Waals surface area (Å²) in [5.41, 5.74) is 0. The SMILES string of the molecule is c1nc2n(n1)CCN(C1CCNCC1)C2.